The largest absolute Gasteiger partial charge is 0.420 e. The molecule has 22 heteroatoms. The number of fused-ring (bicyclic) bond motifs is 2. The molecule has 3 unspecified atom stereocenters. The van der Waals surface area contributed by atoms with Gasteiger partial charge in [-0.3, -0.25) is 18.5 Å². The van der Waals surface area contributed by atoms with Crippen LogP contribution in [-0.4, -0.2) is 97.2 Å². The first-order valence-corrected chi connectivity index (χ1v) is 24.5. The topological polar surface area (TPSA) is 214 Å². The Kier molecular flexibility index (Phi) is 15.8. The lowest BCUT2D eigenvalue weighted by Gasteiger charge is -2.35. The van der Waals surface area contributed by atoms with E-state index in [1.54, 1.807) is 25.1 Å². The quantitative estimate of drug-likeness (QED) is 0.0247. The van der Waals surface area contributed by atoms with Gasteiger partial charge >= 0.3 is 5.97 Å². The maximum absolute atomic E-state index is 14.1. The van der Waals surface area contributed by atoms with E-state index in [2.05, 4.69) is 4.74 Å². The van der Waals surface area contributed by atoms with Crippen molar-refractivity contribution in [3.63, 3.8) is 0 Å². The fourth-order valence-electron chi connectivity index (χ4n) is 8.48. The van der Waals surface area contributed by atoms with E-state index in [1.165, 1.54) is 44.6 Å². The molecular weight excluding hydrogens is 913 g/mol. The van der Waals surface area contributed by atoms with Gasteiger partial charge in [-0.05, 0) is 92.6 Å². The summed E-state index contributed by atoms with van der Waals surface area (Å²) >= 11 is 0. The van der Waals surface area contributed by atoms with Crippen molar-refractivity contribution in [1.29, 1.82) is 0 Å². The van der Waals surface area contributed by atoms with E-state index >= 15 is 0 Å². The number of halogens is 4. The van der Waals surface area contributed by atoms with Crippen LogP contribution in [0.4, 0.5) is 28.9 Å². The Hall–Kier alpha value is -4.42. The highest BCUT2D eigenvalue weighted by atomic mass is 32.2. The lowest BCUT2D eigenvalue weighted by Crippen LogP contribution is -2.43. The SMILES string of the molecule is COCCN1/C(=C/C=C/C2N(CCCCCC(=O)Oc3c(F)c(F)cc(F)c3F)c3ccc(S(=O)(=O)O)cc3C2(C)CCOC)C(C)(CCCS(=O)(=O)O)c2cc(S(=O)(=O)O)ccc21. The molecule has 0 radical (unpaired) electrons. The predicted molar refractivity (Wildman–Crippen MR) is 227 cm³/mol. The lowest BCUT2D eigenvalue weighted by molar-refractivity contribution is -0.135. The number of unbranched alkanes of at least 4 members (excludes halogenated alkanes) is 2. The fourth-order valence-corrected chi connectivity index (χ4v) is 10.0. The van der Waals surface area contributed by atoms with Gasteiger partial charge in [0.15, 0.2) is 11.6 Å². The number of methoxy groups -OCH3 is 2. The van der Waals surface area contributed by atoms with E-state index < -0.39 is 88.0 Å². The van der Waals surface area contributed by atoms with Crippen molar-refractivity contribution in [3.05, 3.63) is 101 Å². The van der Waals surface area contributed by atoms with E-state index in [0.29, 0.717) is 54.0 Å². The molecule has 0 spiro atoms. The molecule has 2 aliphatic rings. The lowest BCUT2D eigenvalue weighted by atomic mass is 9.75. The van der Waals surface area contributed by atoms with E-state index in [9.17, 15) is 61.3 Å². The van der Waals surface area contributed by atoms with Crippen LogP contribution < -0.4 is 14.5 Å². The molecule has 15 nitrogen and oxygen atoms in total. The van der Waals surface area contributed by atoms with Crippen molar-refractivity contribution in [3.8, 4) is 5.75 Å². The van der Waals surface area contributed by atoms with Crippen molar-refractivity contribution in [2.75, 3.05) is 56.1 Å². The maximum atomic E-state index is 14.1. The van der Waals surface area contributed by atoms with Crippen molar-refractivity contribution in [2.24, 2.45) is 0 Å². The molecule has 3 N–H and O–H groups in total. The van der Waals surface area contributed by atoms with Gasteiger partial charge in [-0.1, -0.05) is 25.5 Å². The molecule has 2 aliphatic heterocycles. The average Bonchev–Trinajstić information content (AvgIpc) is 3.58. The van der Waals surface area contributed by atoms with Crippen molar-refractivity contribution in [1.82, 2.24) is 0 Å². The summed E-state index contributed by atoms with van der Waals surface area (Å²) in [5.74, 6) is -10.4. The number of anilines is 2. The molecule has 3 aromatic rings. The van der Waals surface area contributed by atoms with Gasteiger partial charge in [0.25, 0.3) is 30.4 Å². The third-order valence-corrected chi connectivity index (χ3v) is 14.2. The minimum absolute atomic E-state index is 0.00833. The van der Waals surface area contributed by atoms with Crippen LogP contribution in [0.1, 0.15) is 69.9 Å². The molecule has 0 aliphatic carbocycles. The highest BCUT2D eigenvalue weighted by molar-refractivity contribution is 7.86. The maximum Gasteiger partial charge on any atom is 0.311 e. The molecule has 0 fully saturated rings. The van der Waals surface area contributed by atoms with Gasteiger partial charge in [-0.2, -0.15) is 34.0 Å². The summed E-state index contributed by atoms with van der Waals surface area (Å²) in [6.07, 6.45) is 6.37. The summed E-state index contributed by atoms with van der Waals surface area (Å²) in [5, 5.41) is 0. The van der Waals surface area contributed by atoms with Crippen LogP contribution in [0, 0.1) is 23.3 Å². The number of carbonyl (C=O) groups is 1. The summed E-state index contributed by atoms with van der Waals surface area (Å²) in [5.41, 5.74) is 0.862. The molecule has 0 bridgehead atoms. The first-order chi connectivity index (χ1) is 29.9. The third-order valence-electron chi connectivity index (χ3n) is 11.7. The zero-order valence-electron chi connectivity index (χ0n) is 35.4. The normalized spacial score (nSPS) is 20.7. The number of hydrogen-bond donors (Lipinski definition) is 3. The number of hydrogen-bond acceptors (Lipinski definition) is 12. The molecule has 5 rings (SSSR count). The monoisotopic (exact) mass is 962 g/mol. The molecule has 3 aromatic carbocycles. The Morgan fingerprint density at radius 2 is 1.34 bits per heavy atom. The zero-order chi connectivity index (χ0) is 47.4. The molecule has 0 saturated carbocycles. The standard InChI is InChI=1S/C42H50F4N2O13S3/c1-41(17-9-23-62(50,51)52)29-24-27(63(53,54)55)14-16-34(29)48(20-22-60-4)35(41)10-8-11-36-42(2,18-21-59-3)30-25-28(64(56,57)58)13-15-33(30)47(36)19-7-5-6-12-37(49)61-40-38(45)31(43)26-32(44)39(40)46/h8,10-11,13-16,24-26,36H,5-7,9,12,17-23H2,1-4H3,(H,50,51,52)(H,53,54,55)(H,56,57,58)/b11-8+,35-10+. The number of allylic oxidation sites excluding steroid dienone is 3. The Bertz CT molecular complexity index is 2620. The van der Waals surface area contributed by atoms with Gasteiger partial charge in [0.05, 0.1) is 28.2 Å². The number of nitrogens with zero attached hydrogens (tertiary/aromatic N) is 2. The molecule has 64 heavy (non-hydrogen) atoms. The Morgan fingerprint density at radius 3 is 1.92 bits per heavy atom. The second kappa shape index (κ2) is 20.0. The molecule has 2 heterocycles. The first-order valence-electron chi connectivity index (χ1n) is 20.0. The van der Waals surface area contributed by atoms with Crippen molar-refractivity contribution < 1.29 is 75.5 Å². The summed E-state index contributed by atoms with van der Waals surface area (Å²) < 4.78 is 173. The van der Waals surface area contributed by atoms with E-state index in [4.69, 9.17) is 9.47 Å². The Labute approximate surface area is 369 Å². The number of rotatable bonds is 21. The molecule has 352 valence electrons. The van der Waals surface area contributed by atoms with E-state index in [-0.39, 0.29) is 61.3 Å². The molecule has 0 amide bonds. The van der Waals surface area contributed by atoms with Crippen molar-refractivity contribution >= 4 is 47.7 Å². The Morgan fingerprint density at radius 1 is 0.750 bits per heavy atom. The number of esters is 1. The summed E-state index contributed by atoms with van der Waals surface area (Å²) in [4.78, 5) is 15.6. The van der Waals surface area contributed by atoms with Crippen LogP contribution in [0.5, 0.6) is 5.75 Å². The van der Waals surface area contributed by atoms with Gasteiger partial charge < -0.3 is 24.0 Å². The van der Waals surface area contributed by atoms with Gasteiger partial charge in [0.2, 0.25) is 17.4 Å². The molecule has 0 aromatic heterocycles. The highest BCUT2D eigenvalue weighted by Crippen LogP contribution is 2.52. The van der Waals surface area contributed by atoms with Gasteiger partial charge in [0.1, 0.15) is 0 Å². The highest BCUT2D eigenvalue weighted by Gasteiger charge is 2.47. The summed E-state index contributed by atoms with van der Waals surface area (Å²) in [7, 11) is -10.7. The van der Waals surface area contributed by atoms with Crippen LogP contribution in [0.2, 0.25) is 0 Å². The predicted octanol–water partition coefficient (Wildman–Crippen LogP) is 6.92. The van der Waals surface area contributed by atoms with Crippen LogP contribution in [0.3, 0.4) is 0 Å². The molecular formula is C42H50F4N2O13S3. The number of carbonyl (C=O) groups excluding carboxylic acids is 1. The van der Waals surface area contributed by atoms with Gasteiger partial charge in [-0.25, -0.2) is 8.78 Å². The first kappa shape index (κ1) is 50.6. The van der Waals surface area contributed by atoms with Gasteiger partial charge in [-0.15, -0.1) is 0 Å². The summed E-state index contributed by atoms with van der Waals surface area (Å²) in [6.45, 7) is 4.70. The zero-order valence-corrected chi connectivity index (χ0v) is 37.8. The van der Waals surface area contributed by atoms with Crippen molar-refractivity contribution in [2.45, 2.75) is 85.5 Å². The Balaban J connectivity index is 1.52. The number of ether oxygens (including phenoxy) is 3. The fraction of sp³-hybridized carbons (Fsp3) is 0.452. The third kappa shape index (κ3) is 11.1. The van der Waals surface area contributed by atoms with E-state index in [0.717, 1.165) is 0 Å². The van der Waals surface area contributed by atoms with Crippen LogP contribution in [0.15, 0.2) is 76.2 Å². The average molecular weight is 963 g/mol. The second-order valence-electron chi connectivity index (χ2n) is 16.0. The van der Waals surface area contributed by atoms with Gasteiger partial charge in [0, 0.05) is 74.3 Å². The minimum atomic E-state index is -4.66. The second-order valence-corrected chi connectivity index (χ2v) is 20.4. The minimum Gasteiger partial charge on any atom is -0.420 e. The smallest absolute Gasteiger partial charge is 0.311 e. The molecule has 3 atom stereocenters. The van der Waals surface area contributed by atoms with Crippen LogP contribution in [-0.2, 0) is 55.5 Å². The summed E-state index contributed by atoms with van der Waals surface area (Å²) in [6, 6.07) is 7.76. The van der Waals surface area contributed by atoms with Crippen LogP contribution in [0.25, 0.3) is 0 Å². The van der Waals surface area contributed by atoms with Crippen LogP contribution >= 0.6 is 0 Å². The number of benzene rings is 3. The molecule has 0 saturated heterocycles. The van der Waals surface area contributed by atoms with E-state index in [1.807, 2.05) is 22.8 Å².